The average Bonchev–Trinajstić information content (AvgIpc) is 1.64. The summed E-state index contributed by atoms with van der Waals surface area (Å²) in [4.78, 5) is 0. The molecule has 0 spiro atoms. The van der Waals surface area contributed by atoms with E-state index in [1.807, 2.05) is 0 Å². The zero-order valence-corrected chi connectivity index (χ0v) is 8.67. The Morgan fingerprint density at radius 2 is 1.40 bits per heavy atom. The molecule has 0 heterocycles. The fraction of sp³-hybridized carbons (Fsp3) is 1.00. The molecule has 0 atom stereocenters. The van der Waals surface area contributed by atoms with Crippen LogP contribution in [0.3, 0.4) is 0 Å². The van der Waals surface area contributed by atoms with Crippen molar-refractivity contribution in [3.8, 4) is 0 Å². The van der Waals surface area contributed by atoms with Gasteiger partial charge in [0, 0.05) is 13.2 Å². The van der Waals surface area contributed by atoms with Crippen LogP contribution < -0.4 is 29.6 Å². The summed E-state index contributed by atoms with van der Waals surface area (Å²) in [5.74, 6) is 0. The first kappa shape index (κ1) is 13.5. The Kier molecular flexibility index (Phi) is 8.86. The van der Waals surface area contributed by atoms with Crippen LogP contribution in [-0.2, 0) is 0 Å². The van der Waals surface area contributed by atoms with Crippen LogP contribution in [0.2, 0.25) is 0 Å². The summed E-state index contributed by atoms with van der Waals surface area (Å²) in [6.07, 6.45) is 0.654. The molecule has 0 unspecified atom stereocenters. The van der Waals surface area contributed by atoms with Crippen molar-refractivity contribution in [1.82, 2.24) is 0 Å². The first-order chi connectivity index (χ1) is 4.12. The van der Waals surface area contributed by atoms with Gasteiger partial charge >= 0.3 is 29.6 Å². The summed E-state index contributed by atoms with van der Waals surface area (Å²) in [5.41, 5.74) is -0.899. The van der Waals surface area contributed by atoms with Crippen LogP contribution >= 0.6 is 0 Å². The molecule has 0 aromatic heterocycles. The van der Waals surface area contributed by atoms with Gasteiger partial charge in [-0.2, -0.15) is 0 Å². The van der Waals surface area contributed by atoms with Gasteiger partial charge in [-0.3, -0.25) is 0 Å². The number of hydrogen-bond acceptors (Lipinski definition) is 3. The Bertz CT molecular complexity index is 67.4. The van der Waals surface area contributed by atoms with E-state index in [9.17, 15) is 5.11 Å². The van der Waals surface area contributed by atoms with Gasteiger partial charge in [0.1, 0.15) is 0 Å². The van der Waals surface area contributed by atoms with E-state index in [1.54, 1.807) is 6.92 Å². The van der Waals surface area contributed by atoms with Crippen molar-refractivity contribution in [2.24, 2.45) is 0 Å². The van der Waals surface area contributed by atoms with Gasteiger partial charge < -0.3 is 15.3 Å². The van der Waals surface area contributed by atoms with Gasteiger partial charge in [0.2, 0.25) is 0 Å². The van der Waals surface area contributed by atoms with E-state index < -0.39 is 5.60 Å². The summed E-state index contributed by atoms with van der Waals surface area (Å²) >= 11 is 0. The van der Waals surface area contributed by atoms with Gasteiger partial charge in [-0.05, 0) is 19.8 Å². The third-order valence-corrected chi connectivity index (χ3v) is 1.30. The molecule has 0 amide bonds. The van der Waals surface area contributed by atoms with Crippen LogP contribution in [0.15, 0.2) is 0 Å². The van der Waals surface area contributed by atoms with Gasteiger partial charge in [0.15, 0.2) is 0 Å². The minimum atomic E-state index is -0.899. The fourth-order valence-electron chi connectivity index (χ4n) is 0.607. The number of aliphatic hydroxyl groups is 3. The van der Waals surface area contributed by atoms with E-state index in [2.05, 4.69) is 0 Å². The van der Waals surface area contributed by atoms with Crippen LogP contribution in [0.5, 0.6) is 0 Å². The summed E-state index contributed by atoms with van der Waals surface area (Å²) in [6, 6.07) is 0. The largest absolute Gasteiger partial charge is 1.00 e. The van der Waals surface area contributed by atoms with E-state index >= 15 is 0 Å². The van der Waals surface area contributed by atoms with Gasteiger partial charge in [-0.15, -0.1) is 0 Å². The Morgan fingerprint density at radius 3 is 1.60 bits per heavy atom. The standard InChI is InChI=1S/C6H14O3.Na/c1-6(9,2-4-7)3-5-8;/h7-9H,2-5H2,1H3;/q;+1. The van der Waals surface area contributed by atoms with E-state index in [1.165, 1.54) is 0 Å². The van der Waals surface area contributed by atoms with E-state index in [0.29, 0.717) is 12.8 Å². The molecule has 0 rings (SSSR count). The molecule has 0 bridgehead atoms. The quantitative estimate of drug-likeness (QED) is 0.371. The molecule has 10 heavy (non-hydrogen) atoms. The fourth-order valence-corrected chi connectivity index (χ4v) is 0.607. The third kappa shape index (κ3) is 6.99. The first-order valence-corrected chi connectivity index (χ1v) is 3.06. The third-order valence-electron chi connectivity index (χ3n) is 1.30. The van der Waals surface area contributed by atoms with Gasteiger partial charge in [-0.25, -0.2) is 0 Å². The molecule has 0 aromatic rings. The molecule has 3 nitrogen and oxygen atoms in total. The second-order valence-electron chi connectivity index (χ2n) is 2.44. The van der Waals surface area contributed by atoms with Crippen LogP contribution in [0.1, 0.15) is 19.8 Å². The summed E-state index contributed by atoms with van der Waals surface area (Å²) in [6.45, 7) is 1.53. The van der Waals surface area contributed by atoms with Crippen molar-refractivity contribution >= 4 is 0 Å². The molecule has 4 heteroatoms. The Balaban J connectivity index is 0. The molecule has 0 aliphatic rings. The summed E-state index contributed by atoms with van der Waals surface area (Å²) in [5, 5.41) is 26.0. The molecule has 0 aliphatic carbocycles. The van der Waals surface area contributed by atoms with Crippen molar-refractivity contribution in [2.75, 3.05) is 13.2 Å². The predicted molar refractivity (Wildman–Crippen MR) is 34.0 cm³/mol. The first-order valence-electron chi connectivity index (χ1n) is 3.06. The van der Waals surface area contributed by atoms with Crippen molar-refractivity contribution in [3.05, 3.63) is 0 Å². The predicted octanol–water partition coefficient (Wildman–Crippen LogP) is -3.49. The molecule has 0 aliphatic heterocycles. The maximum atomic E-state index is 9.19. The second kappa shape index (κ2) is 6.58. The molecule has 0 saturated carbocycles. The zero-order chi connectivity index (χ0) is 7.33. The minimum Gasteiger partial charge on any atom is -0.396 e. The molecule has 3 N–H and O–H groups in total. The SMILES string of the molecule is CC(O)(CCO)CCO.[Na+]. The van der Waals surface area contributed by atoms with Crippen molar-refractivity contribution < 1.29 is 44.9 Å². The van der Waals surface area contributed by atoms with E-state index in [-0.39, 0.29) is 42.8 Å². The Hall–Kier alpha value is 0.880. The van der Waals surface area contributed by atoms with E-state index in [0.717, 1.165) is 0 Å². The molecular weight excluding hydrogens is 143 g/mol. The van der Waals surface area contributed by atoms with Gasteiger partial charge in [-0.1, -0.05) is 0 Å². The molecular formula is C6H14NaO3+. The smallest absolute Gasteiger partial charge is 0.396 e. The second-order valence-corrected chi connectivity index (χ2v) is 2.44. The maximum Gasteiger partial charge on any atom is 1.00 e. The summed E-state index contributed by atoms with van der Waals surface area (Å²) in [7, 11) is 0. The molecule has 0 aromatic carbocycles. The van der Waals surface area contributed by atoms with Gasteiger partial charge in [0.25, 0.3) is 0 Å². The van der Waals surface area contributed by atoms with Crippen LogP contribution in [-0.4, -0.2) is 34.1 Å². The van der Waals surface area contributed by atoms with Crippen molar-refractivity contribution in [1.29, 1.82) is 0 Å². The number of hydrogen-bond donors (Lipinski definition) is 3. The molecule has 0 radical (unpaired) electrons. The van der Waals surface area contributed by atoms with Crippen LogP contribution in [0.25, 0.3) is 0 Å². The maximum absolute atomic E-state index is 9.19. The minimum absolute atomic E-state index is 0. The zero-order valence-electron chi connectivity index (χ0n) is 6.67. The summed E-state index contributed by atoms with van der Waals surface area (Å²) < 4.78 is 0. The van der Waals surface area contributed by atoms with Crippen LogP contribution in [0, 0.1) is 0 Å². The average molecular weight is 157 g/mol. The van der Waals surface area contributed by atoms with Gasteiger partial charge in [0.05, 0.1) is 5.60 Å². The Morgan fingerprint density at radius 1 is 1.10 bits per heavy atom. The molecule has 0 fully saturated rings. The van der Waals surface area contributed by atoms with Crippen LogP contribution in [0.4, 0.5) is 0 Å². The van der Waals surface area contributed by atoms with Crippen molar-refractivity contribution in [2.45, 2.75) is 25.4 Å². The molecule has 56 valence electrons. The number of aliphatic hydroxyl groups excluding tert-OH is 2. The van der Waals surface area contributed by atoms with E-state index in [4.69, 9.17) is 10.2 Å². The topological polar surface area (TPSA) is 60.7 Å². The normalized spacial score (nSPS) is 10.8. The monoisotopic (exact) mass is 157 g/mol. The van der Waals surface area contributed by atoms with Crippen molar-refractivity contribution in [3.63, 3.8) is 0 Å². The molecule has 0 saturated heterocycles. The Labute approximate surface area is 83.4 Å². The number of rotatable bonds is 4.